The minimum absolute atomic E-state index is 0.0934. The number of ether oxygens (including phenoxy) is 1. The molecule has 1 aliphatic rings. The molecule has 136 valence electrons. The third-order valence-electron chi connectivity index (χ3n) is 4.62. The van der Waals surface area contributed by atoms with Crippen LogP contribution in [0.2, 0.25) is 0 Å². The summed E-state index contributed by atoms with van der Waals surface area (Å²) in [6.07, 6.45) is 2.40. The van der Waals surface area contributed by atoms with Crippen molar-refractivity contribution < 1.29 is 14.3 Å². The quantitative estimate of drug-likeness (QED) is 0.768. The Bertz CT molecular complexity index is 739. The van der Waals surface area contributed by atoms with Gasteiger partial charge in [0.2, 0.25) is 0 Å². The van der Waals surface area contributed by atoms with Crippen LogP contribution in [0.4, 0.5) is 0 Å². The molecule has 2 heterocycles. The fraction of sp³-hybridized carbons (Fsp3) is 0.350. The van der Waals surface area contributed by atoms with Crippen LogP contribution in [0.15, 0.2) is 48.7 Å². The average molecular weight is 353 g/mol. The van der Waals surface area contributed by atoms with Crippen LogP contribution in [0.5, 0.6) is 0 Å². The summed E-state index contributed by atoms with van der Waals surface area (Å²) < 4.78 is 4.64. The van der Waals surface area contributed by atoms with Crippen LogP contribution in [0.1, 0.15) is 26.4 Å². The fourth-order valence-electron chi connectivity index (χ4n) is 3.03. The molecule has 0 N–H and O–H groups in total. The highest BCUT2D eigenvalue weighted by Gasteiger charge is 2.23. The van der Waals surface area contributed by atoms with E-state index in [9.17, 15) is 9.59 Å². The van der Waals surface area contributed by atoms with E-state index in [1.807, 2.05) is 11.0 Å². The van der Waals surface area contributed by atoms with E-state index in [-0.39, 0.29) is 5.91 Å². The van der Waals surface area contributed by atoms with E-state index in [1.165, 1.54) is 18.9 Å². The van der Waals surface area contributed by atoms with E-state index in [1.54, 1.807) is 12.1 Å². The van der Waals surface area contributed by atoms with E-state index in [4.69, 9.17) is 0 Å². The number of methoxy groups -OCH3 is 1. The predicted octanol–water partition coefficient (Wildman–Crippen LogP) is 1.87. The van der Waals surface area contributed by atoms with Gasteiger partial charge in [0.15, 0.2) is 0 Å². The van der Waals surface area contributed by atoms with Crippen molar-refractivity contribution >= 4 is 11.9 Å². The van der Waals surface area contributed by atoms with Crippen molar-refractivity contribution in [2.24, 2.45) is 0 Å². The molecule has 0 atom stereocenters. The van der Waals surface area contributed by atoms with E-state index in [0.717, 1.165) is 26.1 Å². The van der Waals surface area contributed by atoms with Crippen molar-refractivity contribution in [2.75, 3.05) is 39.8 Å². The summed E-state index contributed by atoms with van der Waals surface area (Å²) in [7, 11) is 1.32. The summed E-state index contributed by atoms with van der Waals surface area (Å²) in [4.78, 5) is 32.3. The number of aromatic nitrogens is 1. The highest BCUT2D eigenvalue weighted by Crippen LogP contribution is 2.10. The highest BCUT2D eigenvalue weighted by atomic mass is 16.5. The molecule has 1 aromatic heterocycles. The number of nitrogens with zero attached hydrogens (tertiary/aromatic N) is 3. The summed E-state index contributed by atoms with van der Waals surface area (Å²) >= 11 is 0. The molecule has 2 aromatic rings. The van der Waals surface area contributed by atoms with Gasteiger partial charge in [-0.15, -0.1) is 0 Å². The normalized spacial score (nSPS) is 14.9. The molecule has 1 amide bonds. The zero-order valence-corrected chi connectivity index (χ0v) is 14.9. The van der Waals surface area contributed by atoms with Crippen LogP contribution in [0.3, 0.4) is 0 Å². The smallest absolute Gasteiger partial charge is 0.339 e. The number of rotatable bonds is 5. The number of piperazine rings is 1. The van der Waals surface area contributed by atoms with Crippen LogP contribution in [0.25, 0.3) is 0 Å². The lowest BCUT2D eigenvalue weighted by molar-refractivity contribution is 0.0595. The zero-order chi connectivity index (χ0) is 18.4. The molecule has 1 fully saturated rings. The maximum absolute atomic E-state index is 12.6. The summed E-state index contributed by atoms with van der Waals surface area (Å²) in [5.41, 5.74) is 2.03. The van der Waals surface area contributed by atoms with Crippen LogP contribution in [-0.4, -0.2) is 66.5 Å². The van der Waals surface area contributed by atoms with Gasteiger partial charge < -0.3 is 9.64 Å². The van der Waals surface area contributed by atoms with Gasteiger partial charge in [-0.25, -0.2) is 4.79 Å². The molecule has 0 unspecified atom stereocenters. The van der Waals surface area contributed by atoms with Gasteiger partial charge in [0.05, 0.1) is 12.7 Å². The molecule has 0 saturated carbocycles. The first-order valence-electron chi connectivity index (χ1n) is 8.77. The van der Waals surface area contributed by atoms with Crippen molar-refractivity contribution in [1.82, 2.24) is 14.8 Å². The predicted molar refractivity (Wildman–Crippen MR) is 98.1 cm³/mol. The number of carbonyl (C=O) groups is 2. The van der Waals surface area contributed by atoms with Crippen LogP contribution in [-0.2, 0) is 11.2 Å². The molecule has 0 aliphatic carbocycles. The van der Waals surface area contributed by atoms with Crippen molar-refractivity contribution in [1.29, 1.82) is 0 Å². The van der Waals surface area contributed by atoms with E-state index in [2.05, 4.69) is 38.9 Å². The number of amides is 1. The lowest BCUT2D eigenvalue weighted by Gasteiger charge is -2.34. The maximum atomic E-state index is 12.6. The second kappa shape index (κ2) is 8.58. The zero-order valence-electron chi connectivity index (χ0n) is 14.9. The Morgan fingerprint density at radius 3 is 2.38 bits per heavy atom. The van der Waals surface area contributed by atoms with Gasteiger partial charge in [-0.3, -0.25) is 14.7 Å². The van der Waals surface area contributed by atoms with Crippen molar-refractivity contribution in [2.45, 2.75) is 6.42 Å². The van der Waals surface area contributed by atoms with Crippen LogP contribution in [0, 0.1) is 0 Å². The topological polar surface area (TPSA) is 62.7 Å². The molecule has 0 radical (unpaired) electrons. The molecular weight excluding hydrogens is 330 g/mol. The van der Waals surface area contributed by atoms with Crippen LogP contribution >= 0.6 is 0 Å². The molecule has 3 rings (SSSR count). The van der Waals surface area contributed by atoms with Crippen LogP contribution < -0.4 is 0 Å². The van der Waals surface area contributed by atoms with Gasteiger partial charge in [-0.1, -0.05) is 30.3 Å². The van der Waals surface area contributed by atoms with Gasteiger partial charge in [-0.05, 0) is 24.1 Å². The van der Waals surface area contributed by atoms with E-state index in [0.29, 0.717) is 24.3 Å². The summed E-state index contributed by atoms with van der Waals surface area (Å²) in [5, 5.41) is 0. The number of pyridine rings is 1. The third kappa shape index (κ3) is 4.46. The number of hydrogen-bond donors (Lipinski definition) is 0. The first-order chi connectivity index (χ1) is 12.7. The largest absolute Gasteiger partial charge is 0.465 e. The molecule has 6 nitrogen and oxygen atoms in total. The summed E-state index contributed by atoms with van der Waals surface area (Å²) in [5.74, 6) is -0.548. The lowest BCUT2D eigenvalue weighted by atomic mass is 10.1. The van der Waals surface area contributed by atoms with Gasteiger partial charge in [0, 0.05) is 38.9 Å². The Hall–Kier alpha value is -2.73. The summed E-state index contributed by atoms with van der Waals surface area (Å²) in [6, 6.07) is 13.6. The lowest BCUT2D eigenvalue weighted by Crippen LogP contribution is -2.49. The van der Waals surface area contributed by atoms with Crippen molar-refractivity contribution in [3.8, 4) is 0 Å². The molecule has 1 aromatic carbocycles. The monoisotopic (exact) mass is 353 g/mol. The number of benzene rings is 1. The molecule has 1 aliphatic heterocycles. The molecule has 26 heavy (non-hydrogen) atoms. The number of esters is 1. The Kier molecular flexibility index (Phi) is 5.96. The third-order valence-corrected chi connectivity index (χ3v) is 4.62. The first-order valence-corrected chi connectivity index (χ1v) is 8.77. The molecular formula is C20H23N3O3. The van der Waals surface area contributed by atoms with Crippen molar-refractivity contribution in [3.05, 3.63) is 65.5 Å². The van der Waals surface area contributed by atoms with Gasteiger partial charge >= 0.3 is 5.97 Å². The first kappa shape index (κ1) is 18.1. The van der Waals surface area contributed by atoms with E-state index >= 15 is 0 Å². The second-order valence-corrected chi connectivity index (χ2v) is 6.29. The minimum Gasteiger partial charge on any atom is -0.465 e. The Morgan fingerprint density at radius 1 is 1.04 bits per heavy atom. The molecule has 1 saturated heterocycles. The maximum Gasteiger partial charge on any atom is 0.339 e. The second-order valence-electron chi connectivity index (χ2n) is 6.29. The van der Waals surface area contributed by atoms with E-state index < -0.39 is 5.97 Å². The van der Waals surface area contributed by atoms with Gasteiger partial charge in [0.25, 0.3) is 5.91 Å². The number of hydrogen-bond acceptors (Lipinski definition) is 5. The number of carbonyl (C=O) groups excluding carboxylic acids is 2. The Balaban J connectivity index is 1.49. The fourth-order valence-corrected chi connectivity index (χ4v) is 3.03. The summed E-state index contributed by atoms with van der Waals surface area (Å²) in [6.45, 7) is 4.10. The Morgan fingerprint density at radius 2 is 1.77 bits per heavy atom. The molecule has 6 heteroatoms. The standard InChI is InChI=1S/C20H23N3O3/c1-26-20(25)17-7-8-18(21-15-17)19(24)23-13-11-22(12-14-23)10-9-16-5-3-2-4-6-16/h2-8,15H,9-14H2,1H3. The van der Waals surface area contributed by atoms with Gasteiger partial charge in [-0.2, -0.15) is 0 Å². The Labute approximate surface area is 153 Å². The van der Waals surface area contributed by atoms with Crippen molar-refractivity contribution in [3.63, 3.8) is 0 Å². The van der Waals surface area contributed by atoms with Gasteiger partial charge in [0.1, 0.15) is 5.69 Å². The minimum atomic E-state index is -0.455. The molecule has 0 bridgehead atoms. The SMILES string of the molecule is COC(=O)c1ccc(C(=O)N2CCN(CCc3ccccc3)CC2)nc1. The average Bonchev–Trinajstić information content (AvgIpc) is 2.72. The highest BCUT2D eigenvalue weighted by molar-refractivity contribution is 5.94. The molecule has 0 spiro atoms.